The maximum atomic E-state index is 12.7. The second-order valence-corrected chi connectivity index (χ2v) is 67.7. The van der Waals surface area contributed by atoms with E-state index in [4.69, 9.17) is 46.1 Å². The number of ketones is 1. The minimum atomic E-state index is -1.79. The molecule has 19 rings (SSSR count). The monoisotopic (exact) mass is 1990 g/mol. The summed E-state index contributed by atoms with van der Waals surface area (Å²) in [6, 6.07) is 44.9. The van der Waals surface area contributed by atoms with E-state index in [2.05, 4.69) is 255 Å². The number of carbonyl (C=O) groups excluding carboxylic acids is 2. The van der Waals surface area contributed by atoms with E-state index in [0.29, 0.717) is 48.6 Å². The third kappa shape index (κ3) is 23.7. The third-order valence-electron chi connectivity index (χ3n) is 35.2. The van der Waals surface area contributed by atoms with E-state index in [9.17, 15) is 19.8 Å². The number of fused-ring (bicyclic) bond motifs is 7. The molecule has 7 aromatic carbocycles. The summed E-state index contributed by atoms with van der Waals surface area (Å²) in [6.45, 7) is 46.8. The van der Waals surface area contributed by atoms with Crippen LogP contribution in [0.5, 0.6) is 11.5 Å². The van der Waals surface area contributed by atoms with Crippen molar-refractivity contribution in [2.75, 3.05) is 35.0 Å². The molecule has 0 saturated heterocycles. The van der Waals surface area contributed by atoms with Gasteiger partial charge in [0.25, 0.3) is 0 Å². The van der Waals surface area contributed by atoms with Crippen LogP contribution in [0.15, 0.2) is 132 Å². The number of aliphatic hydroxyl groups excluding tert-OH is 2. The summed E-state index contributed by atoms with van der Waals surface area (Å²) in [6.07, 6.45) is 32.7. The van der Waals surface area contributed by atoms with Crippen molar-refractivity contribution in [2.24, 2.45) is 29.6 Å². The predicted molar refractivity (Wildman–Crippen MR) is 565 cm³/mol. The highest BCUT2D eigenvalue weighted by Crippen LogP contribution is 2.55. The minimum absolute atomic E-state index is 0.0409. The maximum Gasteiger partial charge on any atom is 0.306 e. The number of ether oxygens (including phenoxy) is 6. The number of hydrogen-bond donors (Lipinski definition) is 2. The van der Waals surface area contributed by atoms with Gasteiger partial charge in [0, 0.05) is 54.8 Å². The van der Waals surface area contributed by atoms with E-state index in [1.54, 1.807) is 0 Å². The van der Waals surface area contributed by atoms with E-state index < -0.39 is 33.3 Å². The van der Waals surface area contributed by atoms with Crippen molar-refractivity contribution in [3.8, 4) is 11.5 Å². The SMILES string of the molecule is CC(C)(C)[Si](C)(C)OC1CCc2c(Br)cccc21.CC(C)(C)[Si](C)(C)OC1CCc2c(C(=O)C3CCC3)cccc21.CC(C)(C)[Si](C)(C)OC1CCc2c1cccc2C(O)C1CCC1.COC(=O)C[C@@H]1COc2cc(OC3CCc4c3cccc4C(OC)C3CCC3)ccc21.COC(c1cccc2c1CCC2O)C1CCC1.COC(c1cccc2c1CCC2O[Si](C)(C)C(C)(C)C)C1CCC1. The van der Waals surface area contributed by atoms with Gasteiger partial charge in [0.2, 0.25) is 0 Å². The van der Waals surface area contributed by atoms with Crippen LogP contribution < -0.4 is 9.47 Å². The molecule has 10 unspecified atom stereocenters. The molecular formula is C117H169BrO14Si4. The zero-order chi connectivity index (χ0) is 97.9. The van der Waals surface area contributed by atoms with Crippen molar-refractivity contribution in [3.63, 3.8) is 0 Å². The zero-order valence-corrected chi connectivity index (χ0v) is 93.1. The molecule has 0 spiro atoms. The van der Waals surface area contributed by atoms with Crippen LogP contribution in [0.2, 0.25) is 72.5 Å². The number of carbonyl (C=O) groups is 2. The van der Waals surface area contributed by atoms with Gasteiger partial charge in [0.05, 0.1) is 75.1 Å². The Morgan fingerprint density at radius 2 is 0.728 bits per heavy atom. The first-order chi connectivity index (χ1) is 64.4. The summed E-state index contributed by atoms with van der Waals surface area (Å²) in [5, 5.41) is 21.6. The topological polar surface area (TPSA) is 167 Å². The first kappa shape index (κ1) is 106. The van der Waals surface area contributed by atoms with Crippen LogP contribution in [0.4, 0.5) is 0 Å². The lowest BCUT2D eigenvalue weighted by Gasteiger charge is -2.38. The van der Waals surface area contributed by atoms with E-state index in [0.717, 1.165) is 118 Å². The first-order valence-electron chi connectivity index (χ1n) is 52.4. The van der Waals surface area contributed by atoms with Crippen LogP contribution >= 0.6 is 15.9 Å². The quantitative estimate of drug-likeness (QED) is 0.0315. The molecule has 136 heavy (non-hydrogen) atoms. The Bertz CT molecular complexity index is 5220. The van der Waals surface area contributed by atoms with Crippen LogP contribution in [0, 0.1) is 29.6 Å². The van der Waals surface area contributed by atoms with Crippen molar-refractivity contribution < 1.29 is 65.9 Å². The van der Waals surface area contributed by atoms with Gasteiger partial charge >= 0.3 is 5.97 Å². The average Bonchev–Trinajstić information content (AvgIpc) is 1.59. The molecule has 11 aliphatic carbocycles. The maximum absolute atomic E-state index is 12.7. The normalized spacial score (nSPS) is 22.7. The highest BCUT2D eigenvalue weighted by molar-refractivity contribution is 9.10. The molecule has 744 valence electrons. The molecule has 0 aromatic heterocycles. The molecule has 0 radical (unpaired) electrons. The van der Waals surface area contributed by atoms with Gasteiger partial charge < -0.3 is 56.3 Å². The molecule has 11 atom stereocenters. The highest BCUT2D eigenvalue weighted by atomic mass is 79.9. The Labute approximate surface area is 831 Å². The Balaban J connectivity index is 0.000000132. The number of esters is 1. The molecular weight excluding hydrogens is 1820 g/mol. The summed E-state index contributed by atoms with van der Waals surface area (Å²) < 4.78 is 62.5. The summed E-state index contributed by atoms with van der Waals surface area (Å²) >= 11 is 3.65. The molecule has 1 aliphatic heterocycles. The molecule has 5 saturated carbocycles. The summed E-state index contributed by atoms with van der Waals surface area (Å²) in [7, 11) is -0.0152. The fourth-order valence-corrected chi connectivity index (χ4v) is 27.4. The number of halogens is 1. The van der Waals surface area contributed by atoms with Gasteiger partial charge in [-0.3, -0.25) is 9.59 Å². The Kier molecular flexibility index (Phi) is 34.5. The predicted octanol–water partition coefficient (Wildman–Crippen LogP) is 31.3. The first-order valence-corrected chi connectivity index (χ1v) is 64.8. The van der Waals surface area contributed by atoms with Gasteiger partial charge in [0.1, 0.15) is 17.6 Å². The summed E-state index contributed by atoms with van der Waals surface area (Å²) in [5.41, 5.74) is 23.5. The van der Waals surface area contributed by atoms with Crippen molar-refractivity contribution >= 4 is 61.0 Å². The fraction of sp³-hybridized carbons (Fsp3) is 0.624. The molecule has 0 amide bonds. The Morgan fingerprint density at radius 3 is 1.12 bits per heavy atom. The van der Waals surface area contributed by atoms with Crippen LogP contribution in [0.25, 0.3) is 0 Å². The van der Waals surface area contributed by atoms with Crippen molar-refractivity contribution in [1.29, 1.82) is 0 Å². The van der Waals surface area contributed by atoms with Crippen molar-refractivity contribution in [1.82, 2.24) is 0 Å². The second kappa shape index (κ2) is 44.2. The fourth-order valence-electron chi connectivity index (χ4n) is 21.6. The van der Waals surface area contributed by atoms with Crippen LogP contribution in [-0.2, 0) is 80.0 Å². The highest BCUT2D eigenvalue weighted by Gasteiger charge is 2.48. The standard InChI is InChI=1S/C26H30O5.C21H34O2Si.C20H32O2Si.C20H30O2Si.C15H23BrOSi.C15H20O2/c1-28-25(27)13-17-15-30-24-14-18(9-10-19(17)24)31-23-12-11-20-21(23)7-4-8-22(20)26(29-2)16-5-3-6-16;1-21(2,3)24(5,6)23-19-14-13-16-17(19)11-8-12-18(16)20(22-4)15-9-7-10-15;2*1-20(2,3)23(4,5)22-18-13-12-15-16(18)10-7-11-17(15)19(21)14-8-6-9-14;1-15(2,3)18(4,5)17-14-10-9-11-12(14)7-6-8-13(11)16;1-17-15(10-4-2-5-10)13-7-3-6-12-11(13)8-9-14(12)16/h4,7-10,14,16-17,23,26H,3,5-6,11-13,15H2,1-2H3;8,11-12,15,19-20H,7,9-10,13-14H2,1-6H3;7,10-11,14,18-19,21H,6,8-9,12-13H2,1-5H3;7,10-11,14,18H,6,8-9,12-13H2,1-5H3;6-8,14H,9-10H2,1-5H3;3,6-7,10,14-16H,2,4-5,8-9H2,1H3/t17-,23?,26?;;;;;/m1...../s1. The number of methoxy groups -OCH3 is 4. The molecule has 19 heteroatoms. The zero-order valence-electron chi connectivity index (χ0n) is 87.5. The number of Topliss-reactive ketones (excluding diaryl/α,β-unsaturated/α-hetero) is 1. The number of aliphatic hydroxyl groups is 2. The second-order valence-electron chi connectivity index (χ2n) is 47.8. The van der Waals surface area contributed by atoms with Crippen LogP contribution in [0.1, 0.15) is 396 Å². The van der Waals surface area contributed by atoms with Gasteiger partial charge in [-0.05, 0) is 339 Å². The lowest BCUT2D eigenvalue weighted by atomic mass is 9.77. The number of benzene rings is 7. The number of hydrogen-bond acceptors (Lipinski definition) is 14. The van der Waals surface area contributed by atoms with E-state index >= 15 is 0 Å². The van der Waals surface area contributed by atoms with Crippen molar-refractivity contribution in [3.05, 3.63) is 232 Å². The largest absolute Gasteiger partial charge is 0.492 e. The van der Waals surface area contributed by atoms with Gasteiger partial charge in [-0.25, -0.2) is 0 Å². The van der Waals surface area contributed by atoms with E-state index in [1.165, 1.54) is 179 Å². The molecule has 1 heterocycles. The molecule has 14 nitrogen and oxygen atoms in total. The van der Waals surface area contributed by atoms with Crippen LogP contribution in [-0.4, -0.2) is 90.3 Å². The number of rotatable bonds is 25. The smallest absolute Gasteiger partial charge is 0.306 e. The molecule has 7 aromatic rings. The molecule has 5 fully saturated rings. The van der Waals surface area contributed by atoms with Gasteiger partial charge in [0.15, 0.2) is 39.1 Å². The lowest BCUT2D eigenvalue weighted by Crippen LogP contribution is -2.41. The lowest BCUT2D eigenvalue weighted by molar-refractivity contribution is -0.141. The summed E-state index contributed by atoms with van der Waals surface area (Å²) in [5.74, 6) is 4.62. The molecule has 0 bridgehead atoms. The van der Waals surface area contributed by atoms with E-state index in [-0.39, 0.29) is 92.9 Å². The van der Waals surface area contributed by atoms with Gasteiger partial charge in [-0.1, -0.05) is 240 Å². The minimum Gasteiger partial charge on any atom is -0.492 e. The van der Waals surface area contributed by atoms with Crippen LogP contribution in [0.3, 0.4) is 0 Å². The Morgan fingerprint density at radius 1 is 0.390 bits per heavy atom. The van der Waals surface area contributed by atoms with Gasteiger partial charge in [-0.15, -0.1) is 0 Å². The van der Waals surface area contributed by atoms with E-state index in [1.807, 2.05) is 45.6 Å². The average molecular weight is 1990 g/mol. The van der Waals surface area contributed by atoms with Crippen molar-refractivity contribution in [2.45, 2.75) is 402 Å². The summed E-state index contributed by atoms with van der Waals surface area (Å²) in [4.78, 5) is 24.3. The Hall–Kier alpha value is -5.73. The molecule has 12 aliphatic rings. The third-order valence-corrected chi connectivity index (χ3v) is 53.9. The van der Waals surface area contributed by atoms with Gasteiger partial charge in [-0.2, -0.15) is 0 Å². The molecule has 2 N–H and O–H groups in total.